The third kappa shape index (κ3) is 4.31. The zero-order chi connectivity index (χ0) is 23.8. The van der Waals surface area contributed by atoms with E-state index < -0.39 is 29.6 Å². The largest absolute Gasteiger partial charge is 0.465 e. The summed E-state index contributed by atoms with van der Waals surface area (Å²) in [6.45, 7) is -0.245. The number of halogens is 5. The Kier molecular flexibility index (Phi) is 5.66. The van der Waals surface area contributed by atoms with Gasteiger partial charge in [0.2, 0.25) is 5.82 Å². The molecular weight excluding hydrogens is 449 g/mol. The van der Waals surface area contributed by atoms with Gasteiger partial charge in [-0.25, -0.2) is 28.5 Å². The molecule has 0 spiro atoms. The van der Waals surface area contributed by atoms with E-state index in [1.807, 2.05) is 0 Å². The fourth-order valence-electron chi connectivity index (χ4n) is 3.16. The van der Waals surface area contributed by atoms with Gasteiger partial charge in [-0.05, 0) is 30.3 Å². The highest BCUT2D eigenvalue weighted by Crippen LogP contribution is 2.33. The van der Waals surface area contributed by atoms with Gasteiger partial charge in [0, 0.05) is 12.1 Å². The second kappa shape index (κ2) is 8.45. The van der Waals surface area contributed by atoms with E-state index in [-0.39, 0.29) is 40.3 Å². The standard InChI is InChI=1S/C21H14F5N5O2/c1-33-19(32)11-5-6-16-15(7-11)30-20(21(24,25)26)31(16)18-10-28-17(9-29-18)27-8-12-13(22)3-2-4-14(12)23/h2-7,9-10H,8H2,1H3,(H,27,28). The van der Waals surface area contributed by atoms with Crippen molar-refractivity contribution < 1.29 is 31.5 Å². The number of carbonyl (C=O) groups is 1. The molecule has 2 aromatic heterocycles. The van der Waals surface area contributed by atoms with E-state index in [1.165, 1.54) is 24.3 Å². The Balaban J connectivity index is 1.68. The zero-order valence-corrected chi connectivity index (χ0v) is 16.8. The molecule has 0 amide bonds. The van der Waals surface area contributed by atoms with Crippen LogP contribution < -0.4 is 5.32 Å². The third-order valence-corrected chi connectivity index (χ3v) is 4.70. The number of esters is 1. The predicted molar refractivity (Wildman–Crippen MR) is 107 cm³/mol. The first-order valence-corrected chi connectivity index (χ1v) is 9.36. The Morgan fingerprint density at radius 1 is 1.09 bits per heavy atom. The number of methoxy groups -OCH3 is 1. The lowest BCUT2D eigenvalue weighted by Crippen LogP contribution is -2.15. The van der Waals surface area contributed by atoms with Crippen molar-refractivity contribution in [3.63, 3.8) is 0 Å². The monoisotopic (exact) mass is 463 g/mol. The van der Waals surface area contributed by atoms with Crippen molar-refractivity contribution in [3.05, 3.63) is 77.4 Å². The van der Waals surface area contributed by atoms with Crippen LogP contribution in [-0.2, 0) is 17.5 Å². The lowest BCUT2D eigenvalue weighted by molar-refractivity contribution is -0.145. The highest BCUT2D eigenvalue weighted by molar-refractivity contribution is 5.94. The van der Waals surface area contributed by atoms with Crippen LogP contribution in [-0.4, -0.2) is 32.6 Å². The number of anilines is 1. The molecule has 7 nitrogen and oxygen atoms in total. The maximum atomic E-state index is 13.7. The lowest BCUT2D eigenvalue weighted by atomic mass is 10.2. The number of hydrogen-bond acceptors (Lipinski definition) is 6. The number of nitrogens with zero attached hydrogens (tertiary/aromatic N) is 4. The Bertz CT molecular complexity index is 1320. The minimum atomic E-state index is -4.83. The molecule has 0 saturated heterocycles. The number of nitrogens with one attached hydrogen (secondary N) is 1. The summed E-state index contributed by atoms with van der Waals surface area (Å²) in [4.78, 5) is 23.3. The smallest absolute Gasteiger partial charge is 0.450 e. The average Bonchev–Trinajstić information content (AvgIpc) is 3.18. The average molecular weight is 463 g/mol. The van der Waals surface area contributed by atoms with Crippen molar-refractivity contribution in [2.24, 2.45) is 0 Å². The summed E-state index contributed by atoms with van der Waals surface area (Å²) < 4.78 is 73.8. The van der Waals surface area contributed by atoms with Crippen LogP contribution in [0, 0.1) is 11.6 Å². The summed E-state index contributed by atoms with van der Waals surface area (Å²) in [5.41, 5.74) is -0.234. The third-order valence-electron chi connectivity index (χ3n) is 4.70. The number of carbonyl (C=O) groups excluding carboxylic acids is 1. The van der Waals surface area contributed by atoms with Crippen molar-refractivity contribution in [2.75, 3.05) is 12.4 Å². The maximum absolute atomic E-state index is 13.7. The van der Waals surface area contributed by atoms with E-state index in [0.717, 1.165) is 36.2 Å². The van der Waals surface area contributed by atoms with E-state index in [2.05, 4.69) is 25.0 Å². The summed E-state index contributed by atoms with van der Waals surface area (Å²) in [5.74, 6) is -3.59. The van der Waals surface area contributed by atoms with E-state index in [1.54, 1.807) is 0 Å². The molecule has 12 heteroatoms. The van der Waals surface area contributed by atoms with Crippen molar-refractivity contribution >= 4 is 22.8 Å². The van der Waals surface area contributed by atoms with E-state index >= 15 is 0 Å². The SMILES string of the molecule is COC(=O)c1ccc2c(c1)nc(C(F)(F)F)n2-c1cnc(NCc2c(F)cccc2F)cn1. The molecule has 0 aliphatic carbocycles. The normalized spacial score (nSPS) is 11.6. The van der Waals surface area contributed by atoms with Gasteiger partial charge in [-0.3, -0.25) is 4.57 Å². The molecule has 33 heavy (non-hydrogen) atoms. The highest BCUT2D eigenvalue weighted by Gasteiger charge is 2.38. The van der Waals surface area contributed by atoms with E-state index in [0.29, 0.717) is 0 Å². The van der Waals surface area contributed by atoms with Crippen LogP contribution in [0.3, 0.4) is 0 Å². The molecule has 2 aromatic carbocycles. The molecule has 4 aromatic rings. The molecule has 2 heterocycles. The number of alkyl halides is 3. The van der Waals surface area contributed by atoms with Crippen molar-refractivity contribution in [3.8, 4) is 5.82 Å². The Morgan fingerprint density at radius 3 is 2.42 bits per heavy atom. The van der Waals surface area contributed by atoms with Crippen molar-refractivity contribution in [1.82, 2.24) is 19.5 Å². The van der Waals surface area contributed by atoms with E-state index in [9.17, 15) is 26.7 Å². The Morgan fingerprint density at radius 2 is 1.82 bits per heavy atom. The van der Waals surface area contributed by atoms with Gasteiger partial charge in [0.05, 0.1) is 36.1 Å². The Hall–Kier alpha value is -4.09. The molecule has 170 valence electrons. The molecule has 0 fully saturated rings. The summed E-state index contributed by atoms with van der Waals surface area (Å²) in [7, 11) is 1.15. The predicted octanol–water partition coefficient (Wildman–Crippen LogP) is 4.51. The molecule has 0 radical (unpaired) electrons. The molecule has 0 aliphatic rings. The summed E-state index contributed by atoms with van der Waals surface area (Å²) in [5, 5.41) is 2.67. The first-order valence-electron chi connectivity index (χ1n) is 9.36. The quantitative estimate of drug-likeness (QED) is 0.347. The number of rotatable bonds is 5. The molecule has 0 unspecified atom stereocenters. The maximum Gasteiger partial charge on any atom is 0.450 e. The van der Waals surface area contributed by atoms with Gasteiger partial charge in [-0.15, -0.1) is 0 Å². The van der Waals surface area contributed by atoms with Crippen LogP contribution >= 0.6 is 0 Å². The first-order chi connectivity index (χ1) is 15.7. The lowest BCUT2D eigenvalue weighted by Gasteiger charge is -2.11. The number of aromatic nitrogens is 4. The Labute approximate surface area is 182 Å². The van der Waals surface area contributed by atoms with Crippen LogP contribution in [0.15, 0.2) is 48.8 Å². The van der Waals surface area contributed by atoms with Gasteiger partial charge in [0.15, 0.2) is 5.82 Å². The van der Waals surface area contributed by atoms with Gasteiger partial charge in [0.1, 0.15) is 17.5 Å². The summed E-state index contributed by atoms with van der Waals surface area (Å²) in [6, 6.07) is 7.20. The summed E-state index contributed by atoms with van der Waals surface area (Å²) in [6.07, 6.45) is -2.64. The molecule has 4 rings (SSSR count). The van der Waals surface area contributed by atoms with Crippen LogP contribution in [0.25, 0.3) is 16.9 Å². The number of fused-ring (bicyclic) bond motifs is 1. The van der Waals surface area contributed by atoms with E-state index in [4.69, 9.17) is 0 Å². The van der Waals surface area contributed by atoms with Crippen LogP contribution in [0.5, 0.6) is 0 Å². The number of imidazole rings is 1. The molecule has 0 aliphatic heterocycles. The van der Waals surface area contributed by atoms with Crippen molar-refractivity contribution in [1.29, 1.82) is 0 Å². The number of ether oxygens (including phenoxy) is 1. The number of hydrogen-bond donors (Lipinski definition) is 1. The van der Waals surface area contributed by atoms with Crippen LogP contribution in [0.2, 0.25) is 0 Å². The number of benzene rings is 2. The minimum Gasteiger partial charge on any atom is -0.465 e. The van der Waals surface area contributed by atoms with Crippen LogP contribution in [0.4, 0.5) is 27.8 Å². The fourth-order valence-corrected chi connectivity index (χ4v) is 3.16. The van der Waals surface area contributed by atoms with Crippen LogP contribution in [0.1, 0.15) is 21.7 Å². The van der Waals surface area contributed by atoms with Gasteiger partial charge in [-0.2, -0.15) is 13.2 Å². The van der Waals surface area contributed by atoms with Gasteiger partial charge < -0.3 is 10.1 Å². The zero-order valence-electron chi connectivity index (χ0n) is 16.8. The topological polar surface area (TPSA) is 81.9 Å². The first kappa shape index (κ1) is 22.1. The molecule has 0 atom stereocenters. The minimum absolute atomic E-state index is 0.0365. The highest BCUT2D eigenvalue weighted by atomic mass is 19.4. The molecular formula is C21H14F5N5O2. The molecule has 1 N–H and O–H groups in total. The van der Waals surface area contributed by atoms with Gasteiger partial charge >= 0.3 is 12.1 Å². The van der Waals surface area contributed by atoms with Gasteiger partial charge in [-0.1, -0.05) is 6.07 Å². The summed E-state index contributed by atoms with van der Waals surface area (Å²) >= 11 is 0. The van der Waals surface area contributed by atoms with Gasteiger partial charge in [0.25, 0.3) is 0 Å². The molecule has 0 bridgehead atoms. The fraction of sp³-hybridized carbons (Fsp3) is 0.143. The second-order valence-electron chi connectivity index (χ2n) is 6.78. The molecule has 0 saturated carbocycles. The second-order valence-corrected chi connectivity index (χ2v) is 6.78. The van der Waals surface area contributed by atoms with Crippen molar-refractivity contribution in [2.45, 2.75) is 12.7 Å².